The highest BCUT2D eigenvalue weighted by Crippen LogP contribution is 2.10. The summed E-state index contributed by atoms with van der Waals surface area (Å²) in [5.74, 6) is 1.10. The highest BCUT2D eigenvalue weighted by atomic mass is 35.5. The van der Waals surface area contributed by atoms with E-state index in [1.807, 2.05) is 24.3 Å². The predicted molar refractivity (Wildman–Crippen MR) is 78.3 cm³/mol. The Bertz CT molecular complexity index is 443. The summed E-state index contributed by atoms with van der Waals surface area (Å²) in [5.41, 5.74) is 2.23. The van der Waals surface area contributed by atoms with E-state index in [2.05, 4.69) is 5.32 Å². The summed E-state index contributed by atoms with van der Waals surface area (Å²) < 4.78 is 22.6. The number of anilines is 1. The molecule has 0 heterocycles. The SMILES string of the molecule is CCS(=O)(=O)CCCNc1ccc(CCCl)cc1. The standard InChI is InChI=1S/C13H20ClNO2S/c1-2-18(16,17)11-3-10-15-13-6-4-12(5-7-13)8-9-14/h4-7,15H,2-3,8-11H2,1H3. The van der Waals surface area contributed by atoms with Crippen molar-refractivity contribution in [1.29, 1.82) is 0 Å². The molecule has 1 rings (SSSR count). The van der Waals surface area contributed by atoms with Crippen LogP contribution in [0.4, 0.5) is 5.69 Å². The Morgan fingerprint density at radius 2 is 1.89 bits per heavy atom. The van der Waals surface area contributed by atoms with Gasteiger partial charge in [0.25, 0.3) is 0 Å². The van der Waals surface area contributed by atoms with E-state index in [0.717, 1.165) is 12.1 Å². The first-order valence-corrected chi connectivity index (χ1v) is 8.52. The van der Waals surface area contributed by atoms with Gasteiger partial charge in [-0.1, -0.05) is 19.1 Å². The number of aryl methyl sites for hydroxylation is 1. The van der Waals surface area contributed by atoms with Crippen molar-refractivity contribution in [2.75, 3.05) is 29.2 Å². The molecule has 5 heteroatoms. The van der Waals surface area contributed by atoms with Crippen molar-refractivity contribution in [1.82, 2.24) is 0 Å². The second-order valence-corrected chi connectivity index (χ2v) is 7.00. The number of nitrogens with one attached hydrogen (secondary N) is 1. The van der Waals surface area contributed by atoms with Crippen LogP contribution in [0.3, 0.4) is 0 Å². The normalized spacial score (nSPS) is 11.4. The lowest BCUT2D eigenvalue weighted by atomic mass is 10.1. The van der Waals surface area contributed by atoms with Crippen molar-refractivity contribution in [2.45, 2.75) is 19.8 Å². The van der Waals surface area contributed by atoms with Crippen molar-refractivity contribution < 1.29 is 8.42 Å². The van der Waals surface area contributed by atoms with Crippen molar-refractivity contribution in [3.63, 3.8) is 0 Å². The largest absolute Gasteiger partial charge is 0.385 e. The Kier molecular flexibility index (Phi) is 6.50. The zero-order chi connectivity index (χ0) is 13.4. The fourth-order valence-corrected chi connectivity index (χ4v) is 2.66. The number of sulfone groups is 1. The van der Waals surface area contributed by atoms with E-state index in [-0.39, 0.29) is 11.5 Å². The summed E-state index contributed by atoms with van der Waals surface area (Å²) in [6, 6.07) is 8.06. The van der Waals surface area contributed by atoms with Crippen LogP contribution in [0.1, 0.15) is 18.9 Å². The zero-order valence-corrected chi connectivity index (χ0v) is 12.2. The van der Waals surface area contributed by atoms with E-state index in [0.29, 0.717) is 18.8 Å². The first-order chi connectivity index (χ1) is 8.57. The first-order valence-electron chi connectivity index (χ1n) is 6.16. The van der Waals surface area contributed by atoms with Gasteiger partial charge in [0.2, 0.25) is 0 Å². The number of hydrogen-bond acceptors (Lipinski definition) is 3. The molecular formula is C13H20ClNO2S. The molecule has 0 aliphatic rings. The van der Waals surface area contributed by atoms with Gasteiger partial charge < -0.3 is 5.32 Å². The monoisotopic (exact) mass is 289 g/mol. The van der Waals surface area contributed by atoms with Crippen LogP contribution < -0.4 is 5.32 Å². The highest BCUT2D eigenvalue weighted by Gasteiger charge is 2.05. The molecule has 0 unspecified atom stereocenters. The van der Waals surface area contributed by atoms with Crippen LogP contribution in [0.2, 0.25) is 0 Å². The number of benzene rings is 1. The molecule has 0 atom stereocenters. The Hall–Kier alpha value is -0.740. The van der Waals surface area contributed by atoms with Crippen LogP contribution in [0.5, 0.6) is 0 Å². The molecule has 0 aliphatic carbocycles. The minimum absolute atomic E-state index is 0.222. The molecule has 0 saturated heterocycles. The average molecular weight is 290 g/mol. The third-order valence-electron chi connectivity index (χ3n) is 2.74. The summed E-state index contributed by atoms with van der Waals surface area (Å²) in [6.07, 6.45) is 1.51. The maximum absolute atomic E-state index is 11.3. The molecule has 1 aromatic rings. The van der Waals surface area contributed by atoms with Gasteiger partial charge in [-0.25, -0.2) is 8.42 Å². The highest BCUT2D eigenvalue weighted by molar-refractivity contribution is 7.91. The Balaban J connectivity index is 2.31. The van der Waals surface area contributed by atoms with Crippen molar-refractivity contribution in [3.8, 4) is 0 Å². The fourth-order valence-electron chi connectivity index (χ4n) is 1.57. The minimum Gasteiger partial charge on any atom is -0.385 e. The summed E-state index contributed by atoms with van der Waals surface area (Å²) in [7, 11) is -2.84. The molecule has 0 fully saturated rings. The van der Waals surface area contributed by atoms with Crippen LogP contribution >= 0.6 is 11.6 Å². The van der Waals surface area contributed by atoms with E-state index in [1.54, 1.807) is 6.92 Å². The van der Waals surface area contributed by atoms with Crippen molar-refractivity contribution in [3.05, 3.63) is 29.8 Å². The van der Waals surface area contributed by atoms with Crippen LogP contribution in [-0.2, 0) is 16.3 Å². The van der Waals surface area contributed by atoms with E-state index in [9.17, 15) is 8.42 Å². The second-order valence-electron chi connectivity index (χ2n) is 4.15. The molecular weight excluding hydrogens is 270 g/mol. The molecule has 0 aliphatic heterocycles. The number of rotatable bonds is 8. The van der Waals surface area contributed by atoms with Gasteiger partial charge in [0, 0.05) is 23.9 Å². The van der Waals surface area contributed by atoms with Gasteiger partial charge in [-0.05, 0) is 30.5 Å². The molecule has 102 valence electrons. The predicted octanol–water partition coefficient (Wildman–Crippen LogP) is 2.70. The van der Waals surface area contributed by atoms with Crippen LogP contribution in [0.15, 0.2) is 24.3 Å². The molecule has 0 spiro atoms. The van der Waals surface area contributed by atoms with Gasteiger partial charge in [0.15, 0.2) is 0 Å². The maximum Gasteiger partial charge on any atom is 0.150 e. The lowest BCUT2D eigenvalue weighted by Gasteiger charge is -2.07. The molecule has 3 nitrogen and oxygen atoms in total. The number of halogens is 1. The molecule has 0 radical (unpaired) electrons. The Morgan fingerprint density at radius 1 is 1.22 bits per heavy atom. The van der Waals surface area contributed by atoms with Gasteiger partial charge in [-0.15, -0.1) is 11.6 Å². The summed E-state index contributed by atoms with van der Waals surface area (Å²) in [5, 5.41) is 3.21. The molecule has 0 saturated carbocycles. The Labute approximate surface area is 114 Å². The van der Waals surface area contributed by atoms with Crippen LogP contribution in [-0.4, -0.2) is 32.3 Å². The molecule has 0 bridgehead atoms. The van der Waals surface area contributed by atoms with Crippen LogP contribution in [0.25, 0.3) is 0 Å². The lowest BCUT2D eigenvalue weighted by Crippen LogP contribution is -2.12. The van der Waals surface area contributed by atoms with Crippen molar-refractivity contribution in [2.24, 2.45) is 0 Å². The average Bonchev–Trinajstić information content (AvgIpc) is 2.37. The lowest BCUT2D eigenvalue weighted by molar-refractivity contribution is 0.595. The molecule has 1 N–H and O–H groups in total. The number of hydrogen-bond donors (Lipinski definition) is 1. The van der Waals surface area contributed by atoms with E-state index in [4.69, 9.17) is 11.6 Å². The summed E-state index contributed by atoms with van der Waals surface area (Å²) >= 11 is 5.66. The third kappa shape index (κ3) is 5.74. The first kappa shape index (κ1) is 15.3. The molecule has 18 heavy (non-hydrogen) atoms. The minimum atomic E-state index is -2.84. The quantitative estimate of drug-likeness (QED) is 0.591. The van der Waals surface area contributed by atoms with Gasteiger partial charge in [-0.3, -0.25) is 0 Å². The van der Waals surface area contributed by atoms with Gasteiger partial charge in [0.05, 0.1) is 5.75 Å². The zero-order valence-electron chi connectivity index (χ0n) is 10.7. The van der Waals surface area contributed by atoms with Gasteiger partial charge in [0.1, 0.15) is 9.84 Å². The second kappa shape index (κ2) is 7.64. The molecule has 1 aromatic carbocycles. The number of alkyl halides is 1. The smallest absolute Gasteiger partial charge is 0.150 e. The van der Waals surface area contributed by atoms with E-state index >= 15 is 0 Å². The fraction of sp³-hybridized carbons (Fsp3) is 0.538. The Morgan fingerprint density at radius 3 is 2.44 bits per heavy atom. The van der Waals surface area contributed by atoms with Crippen molar-refractivity contribution >= 4 is 27.1 Å². The van der Waals surface area contributed by atoms with Crippen LogP contribution in [0, 0.1) is 0 Å². The summed E-state index contributed by atoms with van der Waals surface area (Å²) in [4.78, 5) is 0. The molecule has 0 amide bonds. The van der Waals surface area contributed by atoms with E-state index < -0.39 is 9.84 Å². The van der Waals surface area contributed by atoms with E-state index in [1.165, 1.54) is 5.56 Å². The van der Waals surface area contributed by atoms with Gasteiger partial charge >= 0.3 is 0 Å². The summed E-state index contributed by atoms with van der Waals surface area (Å²) in [6.45, 7) is 2.35. The maximum atomic E-state index is 11.3. The molecule has 0 aromatic heterocycles. The third-order valence-corrected chi connectivity index (χ3v) is 4.72. The topological polar surface area (TPSA) is 46.2 Å². The van der Waals surface area contributed by atoms with Gasteiger partial charge in [-0.2, -0.15) is 0 Å².